The molecule has 2 aliphatic rings. The average molecular weight is 457 g/mol. The zero-order valence-electron chi connectivity index (χ0n) is 18.6. The number of benzene rings is 3. The van der Waals surface area contributed by atoms with Crippen molar-refractivity contribution in [2.45, 2.75) is 26.4 Å². The molecule has 0 aliphatic carbocycles. The van der Waals surface area contributed by atoms with Crippen molar-refractivity contribution >= 4 is 16.9 Å². The Hall–Kier alpha value is -4.13. The van der Waals surface area contributed by atoms with Gasteiger partial charge in [0.25, 0.3) is 5.91 Å². The van der Waals surface area contributed by atoms with Crippen molar-refractivity contribution < 1.29 is 23.1 Å². The third-order valence-corrected chi connectivity index (χ3v) is 6.57. The molecule has 170 valence electrons. The Morgan fingerprint density at radius 2 is 1.74 bits per heavy atom. The number of hydrogen-bond acceptors (Lipinski definition) is 5. The van der Waals surface area contributed by atoms with Crippen molar-refractivity contribution in [2.75, 3.05) is 6.79 Å². The molecular formula is C27H20FNO5. The summed E-state index contributed by atoms with van der Waals surface area (Å²) in [5, 5.41) is 0.376. The van der Waals surface area contributed by atoms with Crippen LogP contribution in [0.3, 0.4) is 0 Å². The van der Waals surface area contributed by atoms with E-state index in [0.29, 0.717) is 22.5 Å². The first-order valence-corrected chi connectivity index (χ1v) is 10.9. The van der Waals surface area contributed by atoms with Crippen LogP contribution in [0.2, 0.25) is 0 Å². The molecule has 3 heterocycles. The molecule has 34 heavy (non-hydrogen) atoms. The van der Waals surface area contributed by atoms with Crippen molar-refractivity contribution in [3.8, 4) is 11.5 Å². The number of amides is 1. The number of ether oxygens (including phenoxy) is 2. The van der Waals surface area contributed by atoms with Gasteiger partial charge in [-0.3, -0.25) is 9.59 Å². The Bertz CT molecular complexity index is 1560. The summed E-state index contributed by atoms with van der Waals surface area (Å²) >= 11 is 0. The lowest BCUT2D eigenvalue weighted by Crippen LogP contribution is -2.29. The van der Waals surface area contributed by atoms with Gasteiger partial charge in [-0.15, -0.1) is 0 Å². The lowest BCUT2D eigenvalue weighted by Gasteiger charge is -2.25. The van der Waals surface area contributed by atoms with E-state index in [1.807, 2.05) is 19.9 Å². The standard InChI is InChI=1S/C27H20FNO5/c1-14-9-18-21(10-15(14)2)34-26-23(25(18)30)24(17-5-3-4-6-19(17)28)29(27(26)31)12-16-7-8-20-22(11-16)33-13-32-20/h3-11,24H,12-13H2,1-2H3. The third kappa shape index (κ3) is 3.00. The second kappa shape index (κ2) is 7.45. The number of aryl methyl sites for hydroxylation is 2. The number of nitrogens with zero attached hydrogens (tertiary/aromatic N) is 1. The third-order valence-electron chi connectivity index (χ3n) is 6.57. The molecule has 6 rings (SSSR count). The van der Waals surface area contributed by atoms with Crippen LogP contribution in [0.4, 0.5) is 4.39 Å². The van der Waals surface area contributed by atoms with Crippen LogP contribution < -0.4 is 14.9 Å². The van der Waals surface area contributed by atoms with E-state index in [9.17, 15) is 9.59 Å². The van der Waals surface area contributed by atoms with Gasteiger partial charge < -0.3 is 18.8 Å². The molecule has 1 amide bonds. The van der Waals surface area contributed by atoms with Gasteiger partial charge in [0.2, 0.25) is 12.6 Å². The monoisotopic (exact) mass is 457 g/mol. The second-order valence-corrected chi connectivity index (χ2v) is 8.65. The van der Waals surface area contributed by atoms with E-state index < -0.39 is 17.8 Å². The minimum atomic E-state index is -0.920. The molecule has 0 spiro atoms. The van der Waals surface area contributed by atoms with Gasteiger partial charge in [-0.2, -0.15) is 0 Å². The van der Waals surface area contributed by atoms with Crippen LogP contribution in [-0.2, 0) is 6.54 Å². The maximum absolute atomic E-state index is 15.0. The molecule has 0 saturated heterocycles. The summed E-state index contributed by atoms with van der Waals surface area (Å²) < 4.78 is 31.9. The fourth-order valence-electron chi connectivity index (χ4n) is 4.69. The number of carbonyl (C=O) groups is 1. The van der Waals surface area contributed by atoms with Crippen molar-refractivity contribution in [3.05, 3.63) is 104 Å². The number of fused-ring (bicyclic) bond motifs is 3. The molecule has 1 unspecified atom stereocenters. The maximum atomic E-state index is 15.0. The van der Waals surface area contributed by atoms with Gasteiger partial charge in [-0.05, 0) is 60.9 Å². The fraction of sp³-hybridized carbons (Fsp3) is 0.185. The molecule has 1 aromatic heterocycles. The van der Waals surface area contributed by atoms with Gasteiger partial charge in [0.1, 0.15) is 11.4 Å². The Balaban J connectivity index is 1.55. The van der Waals surface area contributed by atoms with Gasteiger partial charge in [0.05, 0.1) is 17.0 Å². The molecule has 4 aromatic rings. The van der Waals surface area contributed by atoms with E-state index in [1.54, 1.807) is 42.5 Å². The molecule has 6 nitrogen and oxygen atoms in total. The molecule has 0 saturated carbocycles. The zero-order valence-corrected chi connectivity index (χ0v) is 18.6. The van der Waals surface area contributed by atoms with Gasteiger partial charge in [0, 0.05) is 12.1 Å². The van der Waals surface area contributed by atoms with E-state index in [-0.39, 0.29) is 35.7 Å². The molecule has 7 heteroatoms. The number of carbonyl (C=O) groups excluding carboxylic acids is 1. The maximum Gasteiger partial charge on any atom is 0.291 e. The molecule has 0 N–H and O–H groups in total. The summed E-state index contributed by atoms with van der Waals surface area (Å²) in [4.78, 5) is 28.7. The predicted molar refractivity (Wildman–Crippen MR) is 123 cm³/mol. The largest absolute Gasteiger partial charge is 0.454 e. The molecule has 0 radical (unpaired) electrons. The van der Waals surface area contributed by atoms with Crippen molar-refractivity contribution in [1.29, 1.82) is 0 Å². The molecular weight excluding hydrogens is 437 g/mol. The summed E-state index contributed by atoms with van der Waals surface area (Å²) in [5.41, 5.74) is 3.06. The molecule has 1 atom stereocenters. The van der Waals surface area contributed by atoms with E-state index in [0.717, 1.165) is 16.7 Å². The molecule has 0 bridgehead atoms. The van der Waals surface area contributed by atoms with Crippen LogP contribution in [0.5, 0.6) is 11.5 Å². The summed E-state index contributed by atoms with van der Waals surface area (Å²) in [7, 11) is 0. The smallest absolute Gasteiger partial charge is 0.291 e. The van der Waals surface area contributed by atoms with Gasteiger partial charge in [-0.1, -0.05) is 24.3 Å². The van der Waals surface area contributed by atoms with Crippen molar-refractivity contribution in [3.63, 3.8) is 0 Å². The molecule has 3 aromatic carbocycles. The van der Waals surface area contributed by atoms with E-state index in [2.05, 4.69) is 0 Å². The van der Waals surface area contributed by atoms with Crippen molar-refractivity contribution in [2.24, 2.45) is 0 Å². The highest BCUT2D eigenvalue weighted by Crippen LogP contribution is 2.41. The summed E-state index contributed by atoms with van der Waals surface area (Å²) in [6.07, 6.45) is 0. The number of rotatable bonds is 3. The SMILES string of the molecule is Cc1cc2oc3c(c(=O)c2cc1C)C(c1ccccc1F)N(Cc1ccc2c(c1)OCO2)C3=O. The first kappa shape index (κ1) is 20.5. The normalized spacial score (nSPS) is 16.4. The molecule has 0 fully saturated rings. The Morgan fingerprint density at radius 3 is 2.56 bits per heavy atom. The summed E-state index contributed by atoms with van der Waals surface area (Å²) in [5.74, 6) is 0.200. The van der Waals surface area contributed by atoms with Crippen LogP contribution in [0, 0.1) is 19.7 Å². The Morgan fingerprint density at radius 1 is 0.971 bits per heavy atom. The molecule has 2 aliphatic heterocycles. The quantitative estimate of drug-likeness (QED) is 0.432. The lowest BCUT2D eigenvalue weighted by molar-refractivity contribution is 0.0712. The number of hydrogen-bond donors (Lipinski definition) is 0. The Labute approximate surface area is 194 Å². The topological polar surface area (TPSA) is 69.0 Å². The highest BCUT2D eigenvalue weighted by atomic mass is 19.1. The average Bonchev–Trinajstić information content (AvgIpc) is 3.39. The van der Waals surface area contributed by atoms with E-state index in [4.69, 9.17) is 13.9 Å². The zero-order chi connectivity index (χ0) is 23.6. The summed E-state index contributed by atoms with van der Waals surface area (Å²) in [6.45, 7) is 4.09. The minimum absolute atomic E-state index is 0.0465. The fourth-order valence-corrected chi connectivity index (χ4v) is 4.69. The first-order chi connectivity index (χ1) is 16.4. The van der Waals surface area contributed by atoms with Gasteiger partial charge in [-0.25, -0.2) is 4.39 Å². The van der Waals surface area contributed by atoms with Crippen LogP contribution in [0.1, 0.15) is 44.4 Å². The van der Waals surface area contributed by atoms with Crippen LogP contribution in [0.15, 0.2) is 63.8 Å². The van der Waals surface area contributed by atoms with E-state index >= 15 is 4.39 Å². The van der Waals surface area contributed by atoms with Crippen LogP contribution >= 0.6 is 0 Å². The van der Waals surface area contributed by atoms with Crippen LogP contribution in [-0.4, -0.2) is 17.6 Å². The summed E-state index contributed by atoms with van der Waals surface area (Å²) in [6, 6.07) is 14.2. The first-order valence-electron chi connectivity index (χ1n) is 10.9. The van der Waals surface area contributed by atoms with Crippen molar-refractivity contribution in [1.82, 2.24) is 4.90 Å². The van der Waals surface area contributed by atoms with Crippen LogP contribution in [0.25, 0.3) is 11.0 Å². The van der Waals surface area contributed by atoms with E-state index in [1.165, 1.54) is 11.0 Å². The second-order valence-electron chi connectivity index (χ2n) is 8.65. The Kier molecular flexibility index (Phi) is 4.49. The number of halogens is 1. The predicted octanol–water partition coefficient (Wildman–Crippen LogP) is 5.02. The lowest BCUT2D eigenvalue weighted by atomic mass is 9.97. The van der Waals surface area contributed by atoms with Gasteiger partial charge >= 0.3 is 0 Å². The highest BCUT2D eigenvalue weighted by molar-refractivity contribution is 5.99. The minimum Gasteiger partial charge on any atom is -0.454 e. The highest BCUT2D eigenvalue weighted by Gasteiger charge is 2.43. The van der Waals surface area contributed by atoms with Gasteiger partial charge in [0.15, 0.2) is 16.9 Å².